The summed E-state index contributed by atoms with van der Waals surface area (Å²) >= 11 is 0. The molecule has 118 valence electrons. The molecule has 1 aromatic carbocycles. The molecule has 0 radical (unpaired) electrons. The molecule has 2 nitrogen and oxygen atoms in total. The van der Waals surface area contributed by atoms with Crippen molar-refractivity contribution in [3.8, 4) is 5.75 Å². The molecule has 0 bridgehead atoms. The van der Waals surface area contributed by atoms with Crippen molar-refractivity contribution in [3.63, 3.8) is 0 Å². The van der Waals surface area contributed by atoms with E-state index in [-0.39, 0.29) is 18.0 Å². The van der Waals surface area contributed by atoms with Crippen molar-refractivity contribution < 1.29 is 9.13 Å². The Morgan fingerprint density at radius 1 is 0.905 bits per heavy atom. The average Bonchev–Trinajstić information content (AvgIpc) is 2.46. The van der Waals surface area contributed by atoms with Crippen LogP contribution in [0.2, 0.25) is 0 Å². The number of benzene rings is 1. The molecule has 1 aliphatic rings. The van der Waals surface area contributed by atoms with Gasteiger partial charge in [0.05, 0.1) is 0 Å². The summed E-state index contributed by atoms with van der Waals surface area (Å²) in [7, 11) is 0. The van der Waals surface area contributed by atoms with Crippen LogP contribution in [0.15, 0.2) is 24.3 Å². The molecule has 0 heterocycles. The van der Waals surface area contributed by atoms with Crippen LogP contribution in [0, 0.1) is 5.82 Å². The highest BCUT2D eigenvalue weighted by atomic mass is 19.1. The summed E-state index contributed by atoms with van der Waals surface area (Å²) in [5.41, 5.74) is 6.33. The van der Waals surface area contributed by atoms with Crippen LogP contribution >= 0.6 is 0 Å². The van der Waals surface area contributed by atoms with Crippen LogP contribution in [-0.4, -0.2) is 12.1 Å². The van der Waals surface area contributed by atoms with Crippen LogP contribution in [0.25, 0.3) is 0 Å². The van der Waals surface area contributed by atoms with E-state index in [1.165, 1.54) is 57.1 Å². The third-order valence-corrected chi connectivity index (χ3v) is 4.34. The maximum atomic E-state index is 13.3. The molecule has 0 amide bonds. The zero-order valence-corrected chi connectivity index (χ0v) is 12.9. The van der Waals surface area contributed by atoms with Crippen molar-refractivity contribution in [2.45, 2.75) is 76.4 Å². The Balaban J connectivity index is 1.94. The Labute approximate surface area is 127 Å². The number of ether oxygens (including phenoxy) is 1. The Bertz CT molecular complexity index is 410. The molecule has 21 heavy (non-hydrogen) atoms. The standard InChI is InChI=1S/C18H28FNO/c19-15-10-9-11-16(14-15)21-18-13-8-6-4-2-1-3-5-7-12-17(18)20/h9-11,14,17-18H,1-8,12-13,20H2. The first-order valence-corrected chi connectivity index (χ1v) is 8.43. The molecule has 1 fully saturated rings. The quantitative estimate of drug-likeness (QED) is 0.849. The summed E-state index contributed by atoms with van der Waals surface area (Å²) in [6.07, 6.45) is 12.1. The van der Waals surface area contributed by atoms with Crippen LogP contribution in [0.4, 0.5) is 4.39 Å². The van der Waals surface area contributed by atoms with E-state index in [2.05, 4.69) is 0 Å². The van der Waals surface area contributed by atoms with Crippen molar-refractivity contribution in [1.82, 2.24) is 0 Å². The lowest BCUT2D eigenvalue weighted by molar-refractivity contribution is 0.150. The first-order valence-electron chi connectivity index (χ1n) is 8.43. The van der Waals surface area contributed by atoms with E-state index in [4.69, 9.17) is 10.5 Å². The van der Waals surface area contributed by atoms with E-state index in [1.54, 1.807) is 6.07 Å². The van der Waals surface area contributed by atoms with E-state index in [0.717, 1.165) is 19.3 Å². The molecule has 3 heteroatoms. The summed E-state index contributed by atoms with van der Waals surface area (Å²) in [4.78, 5) is 0. The third-order valence-electron chi connectivity index (χ3n) is 4.34. The molecule has 0 aromatic heterocycles. The number of halogens is 1. The fourth-order valence-corrected chi connectivity index (χ4v) is 3.05. The van der Waals surface area contributed by atoms with Gasteiger partial charge in [-0.3, -0.25) is 0 Å². The lowest BCUT2D eigenvalue weighted by atomic mass is 9.96. The summed E-state index contributed by atoms with van der Waals surface area (Å²) in [5, 5.41) is 0. The molecule has 2 rings (SSSR count). The van der Waals surface area contributed by atoms with Crippen molar-refractivity contribution in [3.05, 3.63) is 30.1 Å². The largest absolute Gasteiger partial charge is 0.489 e. The Morgan fingerprint density at radius 2 is 1.52 bits per heavy atom. The van der Waals surface area contributed by atoms with Gasteiger partial charge in [0.25, 0.3) is 0 Å². The van der Waals surface area contributed by atoms with Crippen LogP contribution < -0.4 is 10.5 Å². The normalized spacial score (nSPS) is 25.6. The molecule has 2 unspecified atom stereocenters. The smallest absolute Gasteiger partial charge is 0.126 e. The lowest BCUT2D eigenvalue weighted by Crippen LogP contribution is -2.39. The number of hydrogen-bond donors (Lipinski definition) is 1. The SMILES string of the molecule is NC1CCCCCCCCCCC1Oc1cccc(F)c1. The second-order valence-electron chi connectivity index (χ2n) is 6.18. The highest BCUT2D eigenvalue weighted by molar-refractivity contribution is 5.22. The minimum Gasteiger partial charge on any atom is -0.489 e. The highest BCUT2D eigenvalue weighted by Crippen LogP contribution is 2.21. The monoisotopic (exact) mass is 293 g/mol. The zero-order chi connectivity index (χ0) is 14.9. The molecular weight excluding hydrogens is 265 g/mol. The lowest BCUT2D eigenvalue weighted by Gasteiger charge is -2.26. The Kier molecular flexibility index (Phi) is 7.01. The maximum Gasteiger partial charge on any atom is 0.126 e. The maximum absolute atomic E-state index is 13.3. The second-order valence-corrected chi connectivity index (χ2v) is 6.18. The molecule has 1 saturated carbocycles. The van der Waals surface area contributed by atoms with Gasteiger partial charge in [-0.05, 0) is 31.4 Å². The molecule has 1 aromatic rings. The molecule has 0 aliphatic heterocycles. The average molecular weight is 293 g/mol. The number of hydrogen-bond acceptors (Lipinski definition) is 2. The number of rotatable bonds is 2. The minimum atomic E-state index is -0.255. The van der Waals surface area contributed by atoms with Gasteiger partial charge in [0.1, 0.15) is 17.7 Å². The second kappa shape index (κ2) is 9.04. The van der Waals surface area contributed by atoms with Gasteiger partial charge >= 0.3 is 0 Å². The van der Waals surface area contributed by atoms with Crippen molar-refractivity contribution >= 4 is 0 Å². The van der Waals surface area contributed by atoms with Crippen LogP contribution in [0.5, 0.6) is 5.75 Å². The summed E-state index contributed by atoms with van der Waals surface area (Å²) in [6, 6.07) is 6.43. The van der Waals surface area contributed by atoms with Crippen molar-refractivity contribution in [1.29, 1.82) is 0 Å². The molecule has 2 atom stereocenters. The van der Waals surface area contributed by atoms with Crippen LogP contribution in [0.1, 0.15) is 64.2 Å². The molecular formula is C18H28FNO. The predicted molar refractivity (Wildman–Crippen MR) is 85.0 cm³/mol. The predicted octanol–water partition coefficient (Wildman–Crippen LogP) is 4.82. The van der Waals surface area contributed by atoms with Crippen molar-refractivity contribution in [2.24, 2.45) is 5.73 Å². The van der Waals surface area contributed by atoms with Gasteiger partial charge in [0.15, 0.2) is 0 Å². The van der Waals surface area contributed by atoms with Gasteiger partial charge in [-0.2, -0.15) is 0 Å². The van der Waals surface area contributed by atoms with E-state index in [0.29, 0.717) is 5.75 Å². The summed E-state index contributed by atoms with van der Waals surface area (Å²) in [6.45, 7) is 0. The van der Waals surface area contributed by atoms with Gasteiger partial charge in [-0.25, -0.2) is 4.39 Å². The van der Waals surface area contributed by atoms with E-state index in [1.807, 2.05) is 6.07 Å². The van der Waals surface area contributed by atoms with Crippen molar-refractivity contribution in [2.75, 3.05) is 0 Å². The Hall–Kier alpha value is -1.09. The highest BCUT2D eigenvalue weighted by Gasteiger charge is 2.19. The minimum absolute atomic E-state index is 0.00577. The van der Waals surface area contributed by atoms with E-state index >= 15 is 0 Å². The summed E-state index contributed by atoms with van der Waals surface area (Å²) in [5.74, 6) is 0.344. The van der Waals surface area contributed by atoms with Gasteiger partial charge in [0, 0.05) is 12.1 Å². The topological polar surface area (TPSA) is 35.2 Å². The molecule has 1 aliphatic carbocycles. The number of nitrogens with two attached hydrogens (primary N) is 1. The van der Waals surface area contributed by atoms with Crippen LogP contribution in [-0.2, 0) is 0 Å². The van der Waals surface area contributed by atoms with Gasteiger partial charge in [0.2, 0.25) is 0 Å². The van der Waals surface area contributed by atoms with E-state index < -0.39 is 0 Å². The van der Waals surface area contributed by atoms with Gasteiger partial charge in [-0.1, -0.05) is 51.0 Å². The fraction of sp³-hybridized carbons (Fsp3) is 0.667. The third kappa shape index (κ3) is 6.04. The first kappa shape index (κ1) is 16.3. The van der Waals surface area contributed by atoms with E-state index in [9.17, 15) is 4.39 Å². The Morgan fingerprint density at radius 3 is 2.19 bits per heavy atom. The van der Waals surface area contributed by atoms with Gasteiger partial charge < -0.3 is 10.5 Å². The zero-order valence-electron chi connectivity index (χ0n) is 12.9. The first-order chi connectivity index (χ1) is 10.3. The van der Waals surface area contributed by atoms with Crippen LogP contribution in [0.3, 0.4) is 0 Å². The summed E-state index contributed by atoms with van der Waals surface area (Å²) < 4.78 is 19.3. The molecule has 2 N–H and O–H groups in total. The molecule has 0 saturated heterocycles. The fourth-order valence-electron chi connectivity index (χ4n) is 3.05. The molecule has 0 spiro atoms. The van der Waals surface area contributed by atoms with Gasteiger partial charge in [-0.15, -0.1) is 0 Å².